The Labute approximate surface area is 194 Å². The van der Waals surface area contributed by atoms with E-state index in [1.807, 2.05) is 12.3 Å². The van der Waals surface area contributed by atoms with Crippen molar-refractivity contribution in [2.45, 2.75) is 26.0 Å². The van der Waals surface area contributed by atoms with Gasteiger partial charge in [0.15, 0.2) is 5.96 Å². The fourth-order valence-electron chi connectivity index (χ4n) is 3.02. The molecular formula is C20H28ClIN6O. The van der Waals surface area contributed by atoms with E-state index >= 15 is 0 Å². The molecule has 0 bridgehead atoms. The van der Waals surface area contributed by atoms with Gasteiger partial charge in [-0.15, -0.1) is 24.0 Å². The number of aromatic nitrogens is 2. The van der Waals surface area contributed by atoms with Gasteiger partial charge in [-0.3, -0.25) is 4.99 Å². The molecule has 2 aromatic heterocycles. The Kier molecular flexibility index (Phi) is 9.89. The molecular weight excluding hydrogens is 503 g/mol. The lowest BCUT2D eigenvalue weighted by Crippen LogP contribution is -2.41. The van der Waals surface area contributed by atoms with Crippen molar-refractivity contribution in [1.29, 1.82) is 0 Å². The van der Waals surface area contributed by atoms with Crippen LogP contribution in [0.2, 0.25) is 5.15 Å². The summed E-state index contributed by atoms with van der Waals surface area (Å²) in [5.41, 5.74) is 2.24. The number of aliphatic imine (C=N–C) groups is 1. The largest absolute Gasteiger partial charge is 0.375 e. The molecule has 0 amide bonds. The molecule has 2 N–H and O–H groups in total. The van der Waals surface area contributed by atoms with Gasteiger partial charge in [0.25, 0.3) is 0 Å². The van der Waals surface area contributed by atoms with E-state index in [1.165, 1.54) is 0 Å². The van der Waals surface area contributed by atoms with Gasteiger partial charge in [-0.1, -0.05) is 23.7 Å². The van der Waals surface area contributed by atoms with Gasteiger partial charge in [0.05, 0.1) is 12.7 Å². The highest BCUT2D eigenvalue weighted by atomic mass is 127. The first-order chi connectivity index (χ1) is 13.6. The number of anilines is 1. The SMILES string of the molecule is CN=C(NCCc1ccc(Cl)nc1)NCc1ccc(N2CCOC(C)C2)nc1.I. The summed E-state index contributed by atoms with van der Waals surface area (Å²) < 4.78 is 5.59. The molecule has 1 unspecified atom stereocenters. The molecule has 0 aromatic carbocycles. The Morgan fingerprint density at radius 3 is 2.66 bits per heavy atom. The summed E-state index contributed by atoms with van der Waals surface area (Å²) in [4.78, 5) is 15.2. The van der Waals surface area contributed by atoms with Crippen LogP contribution in [0.4, 0.5) is 5.82 Å². The van der Waals surface area contributed by atoms with E-state index in [4.69, 9.17) is 16.3 Å². The van der Waals surface area contributed by atoms with Crippen molar-refractivity contribution in [3.63, 3.8) is 0 Å². The zero-order valence-electron chi connectivity index (χ0n) is 16.8. The number of halogens is 2. The van der Waals surface area contributed by atoms with Crippen molar-refractivity contribution in [2.75, 3.05) is 38.2 Å². The van der Waals surface area contributed by atoms with Crippen LogP contribution in [0.1, 0.15) is 18.1 Å². The van der Waals surface area contributed by atoms with E-state index < -0.39 is 0 Å². The monoisotopic (exact) mass is 530 g/mol. The number of pyridine rings is 2. The molecule has 1 aliphatic heterocycles. The van der Waals surface area contributed by atoms with E-state index in [-0.39, 0.29) is 30.1 Å². The second kappa shape index (κ2) is 12.1. The zero-order valence-corrected chi connectivity index (χ0v) is 19.9. The number of hydrogen-bond donors (Lipinski definition) is 2. The van der Waals surface area contributed by atoms with Gasteiger partial charge in [0.1, 0.15) is 11.0 Å². The third kappa shape index (κ3) is 7.60. The molecule has 1 fully saturated rings. The molecule has 3 heterocycles. The van der Waals surface area contributed by atoms with Crippen LogP contribution in [0.25, 0.3) is 0 Å². The van der Waals surface area contributed by atoms with Gasteiger partial charge in [0.2, 0.25) is 0 Å². The van der Waals surface area contributed by atoms with Crippen LogP contribution in [-0.2, 0) is 17.7 Å². The van der Waals surface area contributed by atoms with Crippen LogP contribution in [0.15, 0.2) is 41.7 Å². The fraction of sp³-hybridized carbons (Fsp3) is 0.450. The van der Waals surface area contributed by atoms with Crippen molar-refractivity contribution in [3.8, 4) is 0 Å². The predicted molar refractivity (Wildman–Crippen MR) is 128 cm³/mol. The number of guanidine groups is 1. The molecule has 0 spiro atoms. The van der Waals surface area contributed by atoms with Crippen LogP contribution in [0.5, 0.6) is 0 Å². The first kappa shape index (κ1) is 23.6. The summed E-state index contributed by atoms with van der Waals surface area (Å²) in [5, 5.41) is 7.13. The standard InChI is InChI=1S/C20H27ClN6O.HI/c1-15-14-27(9-10-28-15)19-6-4-17(12-25-19)13-26-20(22-2)23-8-7-16-3-5-18(21)24-11-16;/h3-6,11-12,15H,7-10,13-14H2,1-2H3,(H2,22,23,26);1H. The lowest BCUT2D eigenvalue weighted by Gasteiger charge is -2.32. The highest BCUT2D eigenvalue weighted by molar-refractivity contribution is 14.0. The van der Waals surface area contributed by atoms with Gasteiger partial charge in [0, 0.05) is 45.6 Å². The quantitative estimate of drug-likeness (QED) is 0.259. The topological polar surface area (TPSA) is 74.7 Å². The van der Waals surface area contributed by atoms with E-state index in [2.05, 4.69) is 49.6 Å². The van der Waals surface area contributed by atoms with Crippen molar-refractivity contribution >= 4 is 47.4 Å². The molecule has 9 heteroatoms. The summed E-state index contributed by atoms with van der Waals surface area (Å²) >= 11 is 5.81. The molecule has 0 saturated carbocycles. The van der Waals surface area contributed by atoms with Crippen molar-refractivity contribution in [3.05, 3.63) is 52.9 Å². The smallest absolute Gasteiger partial charge is 0.191 e. The van der Waals surface area contributed by atoms with Crippen LogP contribution in [0, 0.1) is 0 Å². The Morgan fingerprint density at radius 2 is 2.00 bits per heavy atom. The molecule has 0 aliphatic carbocycles. The number of nitrogens with one attached hydrogen (secondary N) is 2. The summed E-state index contributed by atoms with van der Waals surface area (Å²) in [5.74, 6) is 1.76. The lowest BCUT2D eigenvalue weighted by molar-refractivity contribution is 0.0529. The Bertz CT molecular complexity index is 772. The number of morpholine rings is 1. The minimum atomic E-state index is 0. The third-order valence-corrected chi connectivity index (χ3v) is 4.78. The summed E-state index contributed by atoms with van der Waals surface area (Å²) in [6.45, 7) is 6.02. The summed E-state index contributed by atoms with van der Waals surface area (Å²) in [7, 11) is 1.76. The molecule has 1 atom stereocenters. The first-order valence-corrected chi connectivity index (χ1v) is 9.88. The molecule has 2 aromatic rings. The molecule has 3 rings (SSSR count). The summed E-state index contributed by atoms with van der Waals surface area (Å²) in [6.07, 6.45) is 4.80. The molecule has 1 saturated heterocycles. The van der Waals surface area contributed by atoms with E-state index in [9.17, 15) is 0 Å². The van der Waals surface area contributed by atoms with Crippen LogP contribution in [-0.4, -0.2) is 55.3 Å². The Morgan fingerprint density at radius 1 is 1.21 bits per heavy atom. The average Bonchev–Trinajstić information content (AvgIpc) is 2.72. The van der Waals surface area contributed by atoms with Gasteiger partial charge in [-0.2, -0.15) is 0 Å². The first-order valence-electron chi connectivity index (χ1n) is 9.50. The molecule has 1 aliphatic rings. The Balaban J connectivity index is 0.00000300. The third-order valence-electron chi connectivity index (χ3n) is 4.55. The molecule has 0 radical (unpaired) electrons. The van der Waals surface area contributed by atoms with Crippen molar-refractivity contribution in [2.24, 2.45) is 4.99 Å². The minimum Gasteiger partial charge on any atom is -0.375 e. The normalized spacial score (nSPS) is 16.9. The summed E-state index contributed by atoms with van der Waals surface area (Å²) in [6, 6.07) is 7.95. The maximum atomic E-state index is 5.81. The van der Waals surface area contributed by atoms with E-state index in [1.54, 1.807) is 19.3 Å². The average molecular weight is 531 g/mol. The van der Waals surface area contributed by atoms with Crippen LogP contribution < -0.4 is 15.5 Å². The number of hydrogen-bond acceptors (Lipinski definition) is 5. The van der Waals surface area contributed by atoms with Crippen molar-refractivity contribution < 1.29 is 4.74 Å². The molecule has 7 nitrogen and oxygen atoms in total. The molecule has 29 heavy (non-hydrogen) atoms. The van der Waals surface area contributed by atoms with E-state index in [0.717, 1.165) is 55.6 Å². The zero-order chi connectivity index (χ0) is 19.8. The maximum absolute atomic E-state index is 5.81. The van der Waals surface area contributed by atoms with Gasteiger partial charge < -0.3 is 20.3 Å². The van der Waals surface area contributed by atoms with Crippen molar-refractivity contribution in [1.82, 2.24) is 20.6 Å². The highest BCUT2D eigenvalue weighted by Crippen LogP contribution is 2.15. The fourth-order valence-corrected chi connectivity index (χ4v) is 3.13. The predicted octanol–water partition coefficient (Wildman–Crippen LogP) is 2.88. The number of nitrogens with zero attached hydrogens (tertiary/aromatic N) is 4. The van der Waals surface area contributed by atoms with Crippen LogP contribution in [0.3, 0.4) is 0 Å². The van der Waals surface area contributed by atoms with E-state index in [0.29, 0.717) is 11.7 Å². The second-order valence-electron chi connectivity index (χ2n) is 6.74. The van der Waals surface area contributed by atoms with Gasteiger partial charge >= 0.3 is 0 Å². The maximum Gasteiger partial charge on any atom is 0.191 e. The second-order valence-corrected chi connectivity index (χ2v) is 7.13. The Hall–Kier alpha value is -1.65. The van der Waals surface area contributed by atoms with Gasteiger partial charge in [-0.05, 0) is 36.6 Å². The minimum absolute atomic E-state index is 0. The number of rotatable bonds is 6. The highest BCUT2D eigenvalue weighted by Gasteiger charge is 2.17. The molecule has 158 valence electrons. The van der Waals surface area contributed by atoms with Gasteiger partial charge in [-0.25, -0.2) is 9.97 Å². The van der Waals surface area contributed by atoms with Crippen LogP contribution >= 0.6 is 35.6 Å². The lowest BCUT2D eigenvalue weighted by atomic mass is 10.2. The number of ether oxygens (including phenoxy) is 1.